The lowest BCUT2D eigenvalue weighted by Gasteiger charge is -2.13. The Morgan fingerprint density at radius 3 is 2.57 bits per heavy atom. The number of anilines is 1. The van der Waals surface area contributed by atoms with Gasteiger partial charge in [0.15, 0.2) is 0 Å². The molecule has 0 aromatic heterocycles. The fraction of sp³-hybridized carbons (Fsp3) is 0.200. The van der Waals surface area contributed by atoms with Gasteiger partial charge in [0.2, 0.25) is 0 Å². The molecule has 0 aliphatic rings. The SMILES string of the molecule is COc1ccc(Br)cc1NCc1cccc(C(F)(F)F)c1. The van der Waals surface area contributed by atoms with Gasteiger partial charge in [-0.1, -0.05) is 28.1 Å². The maximum atomic E-state index is 12.7. The van der Waals surface area contributed by atoms with Crippen molar-refractivity contribution in [1.82, 2.24) is 0 Å². The predicted octanol–water partition coefficient (Wildman–Crippen LogP) is 5.09. The molecule has 0 radical (unpaired) electrons. The third-order valence-corrected chi connectivity index (χ3v) is 3.39. The molecule has 1 N–H and O–H groups in total. The number of alkyl halides is 3. The second-order valence-electron chi connectivity index (χ2n) is 4.40. The second kappa shape index (κ2) is 6.39. The van der Waals surface area contributed by atoms with Crippen LogP contribution in [-0.2, 0) is 12.7 Å². The predicted molar refractivity (Wildman–Crippen MR) is 79.5 cm³/mol. The van der Waals surface area contributed by atoms with Gasteiger partial charge in [-0.2, -0.15) is 13.2 Å². The highest BCUT2D eigenvalue weighted by Crippen LogP contribution is 2.31. The van der Waals surface area contributed by atoms with Crippen LogP contribution in [0.5, 0.6) is 5.75 Å². The van der Waals surface area contributed by atoms with Crippen molar-refractivity contribution in [2.45, 2.75) is 12.7 Å². The summed E-state index contributed by atoms with van der Waals surface area (Å²) in [7, 11) is 1.54. The van der Waals surface area contributed by atoms with E-state index in [1.54, 1.807) is 19.2 Å². The molecular weight excluding hydrogens is 347 g/mol. The van der Waals surface area contributed by atoms with Crippen molar-refractivity contribution < 1.29 is 17.9 Å². The van der Waals surface area contributed by atoms with Gasteiger partial charge in [-0.15, -0.1) is 0 Å². The second-order valence-corrected chi connectivity index (χ2v) is 5.31. The van der Waals surface area contributed by atoms with E-state index in [4.69, 9.17) is 4.74 Å². The lowest BCUT2D eigenvalue weighted by molar-refractivity contribution is -0.137. The van der Waals surface area contributed by atoms with Crippen LogP contribution in [0.25, 0.3) is 0 Å². The van der Waals surface area contributed by atoms with Gasteiger partial charge < -0.3 is 10.1 Å². The van der Waals surface area contributed by atoms with Gasteiger partial charge in [-0.3, -0.25) is 0 Å². The first kappa shape index (κ1) is 15.7. The Hall–Kier alpha value is -1.69. The molecule has 6 heteroatoms. The Bertz CT molecular complexity index is 629. The third-order valence-electron chi connectivity index (χ3n) is 2.90. The molecule has 2 rings (SSSR count). The Labute approximate surface area is 129 Å². The first-order chi connectivity index (χ1) is 9.90. The van der Waals surface area contributed by atoms with Crippen LogP contribution in [0.4, 0.5) is 18.9 Å². The topological polar surface area (TPSA) is 21.3 Å². The molecule has 0 aliphatic heterocycles. The molecule has 0 bridgehead atoms. The number of ether oxygens (including phenoxy) is 1. The van der Waals surface area contributed by atoms with Gasteiger partial charge in [0, 0.05) is 11.0 Å². The van der Waals surface area contributed by atoms with E-state index >= 15 is 0 Å². The lowest BCUT2D eigenvalue weighted by atomic mass is 10.1. The Morgan fingerprint density at radius 1 is 1.14 bits per heavy atom. The molecule has 2 nitrogen and oxygen atoms in total. The van der Waals surface area contributed by atoms with E-state index in [-0.39, 0.29) is 6.54 Å². The van der Waals surface area contributed by atoms with Crippen molar-refractivity contribution in [3.05, 3.63) is 58.1 Å². The van der Waals surface area contributed by atoms with Gasteiger partial charge in [0.25, 0.3) is 0 Å². The number of benzene rings is 2. The fourth-order valence-corrected chi connectivity index (χ4v) is 2.23. The van der Waals surface area contributed by atoms with E-state index in [1.807, 2.05) is 12.1 Å². The maximum absolute atomic E-state index is 12.7. The Morgan fingerprint density at radius 2 is 1.90 bits per heavy atom. The van der Waals surface area contributed by atoms with Gasteiger partial charge >= 0.3 is 6.18 Å². The first-order valence-electron chi connectivity index (χ1n) is 6.13. The molecule has 0 fully saturated rings. The zero-order valence-electron chi connectivity index (χ0n) is 11.2. The van der Waals surface area contributed by atoms with Crippen molar-refractivity contribution in [2.75, 3.05) is 12.4 Å². The molecule has 0 aliphatic carbocycles. The Kier molecular flexibility index (Phi) is 4.77. The first-order valence-corrected chi connectivity index (χ1v) is 6.93. The minimum Gasteiger partial charge on any atom is -0.495 e. The molecule has 2 aromatic rings. The summed E-state index contributed by atoms with van der Waals surface area (Å²) in [6, 6.07) is 10.7. The smallest absolute Gasteiger partial charge is 0.416 e. The van der Waals surface area contributed by atoms with Crippen LogP contribution in [0.1, 0.15) is 11.1 Å². The zero-order valence-corrected chi connectivity index (χ0v) is 12.8. The number of methoxy groups -OCH3 is 1. The fourth-order valence-electron chi connectivity index (χ4n) is 1.87. The summed E-state index contributed by atoms with van der Waals surface area (Å²) in [5, 5.41) is 3.08. The highest BCUT2D eigenvalue weighted by atomic mass is 79.9. The van der Waals surface area contributed by atoms with Crippen molar-refractivity contribution in [1.29, 1.82) is 0 Å². The molecule has 2 aromatic carbocycles. The summed E-state index contributed by atoms with van der Waals surface area (Å²) in [5.41, 5.74) is 0.610. The molecule has 0 saturated heterocycles. The van der Waals surface area contributed by atoms with Crippen molar-refractivity contribution in [2.24, 2.45) is 0 Å². The van der Waals surface area contributed by atoms with Gasteiger partial charge in [-0.25, -0.2) is 0 Å². The largest absolute Gasteiger partial charge is 0.495 e. The lowest BCUT2D eigenvalue weighted by Crippen LogP contribution is -2.07. The molecule has 0 saturated carbocycles. The van der Waals surface area contributed by atoms with Crippen LogP contribution >= 0.6 is 15.9 Å². The van der Waals surface area contributed by atoms with Crippen LogP contribution < -0.4 is 10.1 Å². The number of hydrogen-bond acceptors (Lipinski definition) is 2. The number of nitrogens with one attached hydrogen (secondary N) is 1. The van der Waals surface area contributed by atoms with E-state index in [1.165, 1.54) is 6.07 Å². The number of hydrogen-bond donors (Lipinski definition) is 1. The third kappa shape index (κ3) is 4.14. The molecule has 0 amide bonds. The highest BCUT2D eigenvalue weighted by molar-refractivity contribution is 9.10. The summed E-state index contributed by atoms with van der Waals surface area (Å²) in [5.74, 6) is 0.630. The summed E-state index contributed by atoms with van der Waals surface area (Å²) >= 11 is 3.35. The van der Waals surface area contributed by atoms with Crippen LogP contribution in [0, 0.1) is 0 Å². The zero-order chi connectivity index (χ0) is 15.5. The highest BCUT2D eigenvalue weighted by Gasteiger charge is 2.30. The molecule has 0 spiro atoms. The summed E-state index contributed by atoms with van der Waals surface area (Å²) < 4.78 is 44.0. The summed E-state index contributed by atoms with van der Waals surface area (Å²) in [6.45, 7) is 0.275. The van der Waals surface area contributed by atoms with E-state index in [0.717, 1.165) is 16.6 Å². The van der Waals surface area contributed by atoms with Crippen LogP contribution in [0.2, 0.25) is 0 Å². The van der Waals surface area contributed by atoms with E-state index < -0.39 is 11.7 Å². The minimum absolute atomic E-state index is 0.275. The number of halogens is 4. The van der Waals surface area contributed by atoms with Gasteiger partial charge in [0.05, 0.1) is 18.4 Å². The Balaban J connectivity index is 2.15. The van der Waals surface area contributed by atoms with Crippen molar-refractivity contribution in [3.8, 4) is 5.75 Å². The van der Waals surface area contributed by atoms with E-state index in [0.29, 0.717) is 17.0 Å². The van der Waals surface area contributed by atoms with Gasteiger partial charge in [-0.05, 0) is 35.9 Å². The van der Waals surface area contributed by atoms with Crippen LogP contribution in [-0.4, -0.2) is 7.11 Å². The normalized spacial score (nSPS) is 11.3. The summed E-state index contributed by atoms with van der Waals surface area (Å²) in [6.07, 6.45) is -4.33. The average molecular weight is 360 g/mol. The molecule has 0 unspecified atom stereocenters. The molecule has 112 valence electrons. The average Bonchev–Trinajstić information content (AvgIpc) is 2.45. The van der Waals surface area contributed by atoms with Crippen molar-refractivity contribution in [3.63, 3.8) is 0 Å². The maximum Gasteiger partial charge on any atom is 0.416 e. The van der Waals surface area contributed by atoms with Crippen LogP contribution in [0.3, 0.4) is 0 Å². The number of rotatable bonds is 4. The molecule has 0 heterocycles. The minimum atomic E-state index is -4.33. The van der Waals surface area contributed by atoms with E-state index in [2.05, 4.69) is 21.2 Å². The standard InChI is InChI=1S/C15H13BrF3NO/c1-21-14-6-5-12(16)8-13(14)20-9-10-3-2-4-11(7-10)15(17,18)19/h2-8,20H,9H2,1H3. The molecular formula is C15H13BrF3NO. The van der Waals surface area contributed by atoms with E-state index in [9.17, 15) is 13.2 Å². The van der Waals surface area contributed by atoms with Crippen LogP contribution in [0.15, 0.2) is 46.9 Å². The summed E-state index contributed by atoms with van der Waals surface area (Å²) in [4.78, 5) is 0. The van der Waals surface area contributed by atoms with Gasteiger partial charge in [0.1, 0.15) is 5.75 Å². The quantitative estimate of drug-likeness (QED) is 0.820. The van der Waals surface area contributed by atoms with Crippen molar-refractivity contribution >= 4 is 21.6 Å². The monoisotopic (exact) mass is 359 g/mol. The molecule has 21 heavy (non-hydrogen) atoms. The molecule has 0 atom stereocenters.